The molecule has 1 aromatic carbocycles. The number of rotatable bonds is 4. The summed E-state index contributed by atoms with van der Waals surface area (Å²) in [5.41, 5.74) is 4.30. The highest BCUT2D eigenvalue weighted by Crippen LogP contribution is 2.14. The fourth-order valence-electron chi connectivity index (χ4n) is 3.45. The number of nitrogens with one attached hydrogen (secondary N) is 1. The first-order chi connectivity index (χ1) is 12.4. The predicted octanol–water partition coefficient (Wildman–Crippen LogP) is 1.63. The predicted molar refractivity (Wildman–Crippen MR) is 104 cm³/mol. The van der Waals surface area contributed by atoms with Crippen molar-refractivity contribution in [2.24, 2.45) is 7.05 Å². The van der Waals surface area contributed by atoms with Crippen molar-refractivity contribution in [3.05, 3.63) is 57.9 Å². The molecule has 0 bridgehead atoms. The second-order valence-electron chi connectivity index (χ2n) is 6.92. The largest absolute Gasteiger partial charge is 0.328 e. The van der Waals surface area contributed by atoms with Gasteiger partial charge in [-0.3, -0.25) is 9.48 Å². The number of nitrogens with zero attached hydrogens (tertiary/aromatic N) is 3. The molecular weight excluding hydrogens is 348 g/mol. The Hall–Kier alpha value is -2.11. The monoisotopic (exact) mass is 373 g/mol. The Morgan fingerprint density at radius 3 is 2.65 bits per heavy atom. The van der Waals surface area contributed by atoms with Gasteiger partial charge in [0.05, 0.1) is 31.9 Å². The lowest BCUT2D eigenvalue weighted by molar-refractivity contribution is -0.917. The maximum absolute atomic E-state index is 12.5. The summed E-state index contributed by atoms with van der Waals surface area (Å²) in [5, 5.41) is 5.16. The first-order valence-electron chi connectivity index (χ1n) is 8.99. The van der Waals surface area contributed by atoms with Crippen molar-refractivity contribution in [3.8, 4) is 0 Å². The summed E-state index contributed by atoms with van der Waals surface area (Å²) in [6, 6.07) is 8.02. The normalized spacial score (nSPS) is 15.8. The van der Waals surface area contributed by atoms with Gasteiger partial charge in [0, 0.05) is 35.0 Å². The van der Waals surface area contributed by atoms with Gasteiger partial charge in [0.25, 0.3) is 0 Å². The molecular formula is C20H26ClN4O+. The van der Waals surface area contributed by atoms with E-state index in [1.165, 1.54) is 10.5 Å². The van der Waals surface area contributed by atoms with Crippen molar-refractivity contribution >= 4 is 23.6 Å². The van der Waals surface area contributed by atoms with Gasteiger partial charge in [0.2, 0.25) is 5.91 Å². The van der Waals surface area contributed by atoms with Crippen LogP contribution in [-0.4, -0.2) is 46.8 Å². The van der Waals surface area contributed by atoms with Gasteiger partial charge < -0.3 is 9.80 Å². The molecule has 0 unspecified atom stereocenters. The highest BCUT2D eigenvalue weighted by Gasteiger charge is 2.22. The third kappa shape index (κ3) is 4.34. The molecule has 1 aromatic heterocycles. The zero-order valence-electron chi connectivity index (χ0n) is 15.6. The number of aromatic nitrogens is 2. The Morgan fingerprint density at radius 2 is 2.04 bits per heavy atom. The van der Waals surface area contributed by atoms with Crippen LogP contribution in [0.15, 0.2) is 30.3 Å². The number of quaternary nitrogens is 1. The molecule has 138 valence electrons. The molecule has 2 aromatic rings. The zero-order chi connectivity index (χ0) is 18.7. The Bertz CT molecular complexity index is 819. The van der Waals surface area contributed by atoms with Gasteiger partial charge in [-0.2, -0.15) is 5.10 Å². The minimum absolute atomic E-state index is 0.0782. The molecule has 1 fully saturated rings. The number of hydrogen-bond acceptors (Lipinski definition) is 2. The van der Waals surface area contributed by atoms with Gasteiger partial charge in [-0.05, 0) is 32.1 Å². The molecule has 2 heterocycles. The highest BCUT2D eigenvalue weighted by atomic mass is 35.5. The molecule has 1 aliphatic rings. The van der Waals surface area contributed by atoms with Crippen LogP contribution < -0.4 is 4.90 Å². The SMILES string of the molecule is Cc1nn(C)c(C)c1/C=C/C(=O)N1CC[NH+](Cc2cccc(Cl)c2)CC1. The lowest BCUT2D eigenvalue weighted by Crippen LogP contribution is -3.13. The van der Waals surface area contributed by atoms with Gasteiger partial charge in [-0.25, -0.2) is 0 Å². The Balaban J connectivity index is 1.54. The van der Waals surface area contributed by atoms with Gasteiger partial charge in [-0.15, -0.1) is 0 Å². The molecule has 0 spiro atoms. The van der Waals surface area contributed by atoms with Crippen LogP contribution in [0.3, 0.4) is 0 Å². The Morgan fingerprint density at radius 1 is 1.31 bits per heavy atom. The fourth-order valence-corrected chi connectivity index (χ4v) is 3.66. The Kier molecular flexibility index (Phi) is 5.79. The summed E-state index contributed by atoms with van der Waals surface area (Å²) in [7, 11) is 1.92. The third-order valence-electron chi connectivity index (χ3n) is 5.08. The van der Waals surface area contributed by atoms with E-state index < -0.39 is 0 Å². The van der Waals surface area contributed by atoms with Crippen LogP contribution >= 0.6 is 11.6 Å². The standard InChI is InChI=1S/C20H25ClN4O/c1-15-19(16(2)23(3)22-15)7-8-20(26)25-11-9-24(10-12-25)14-17-5-4-6-18(21)13-17/h4-8,13H,9-12,14H2,1-3H3/p+1/b8-7+. The summed E-state index contributed by atoms with van der Waals surface area (Å²) in [6.45, 7) is 8.41. The van der Waals surface area contributed by atoms with Crippen LogP contribution in [0.25, 0.3) is 6.08 Å². The van der Waals surface area contributed by atoms with E-state index in [0.717, 1.165) is 54.7 Å². The smallest absolute Gasteiger partial charge is 0.246 e. The van der Waals surface area contributed by atoms with Crippen molar-refractivity contribution in [1.82, 2.24) is 14.7 Å². The quantitative estimate of drug-likeness (QED) is 0.828. The van der Waals surface area contributed by atoms with Crippen LogP contribution in [0.5, 0.6) is 0 Å². The molecule has 26 heavy (non-hydrogen) atoms. The van der Waals surface area contributed by atoms with Gasteiger partial charge >= 0.3 is 0 Å². The number of carbonyl (C=O) groups excluding carboxylic acids is 1. The maximum Gasteiger partial charge on any atom is 0.246 e. The average molecular weight is 374 g/mol. The highest BCUT2D eigenvalue weighted by molar-refractivity contribution is 6.30. The van der Waals surface area contributed by atoms with Crippen molar-refractivity contribution in [1.29, 1.82) is 0 Å². The summed E-state index contributed by atoms with van der Waals surface area (Å²) < 4.78 is 1.84. The average Bonchev–Trinajstić information content (AvgIpc) is 2.85. The van der Waals surface area contributed by atoms with Crippen LogP contribution in [0.2, 0.25) is 5.02 Å². The molecule has 0 radical (unpaired) electrons. The van der Waals surface area contributed by atoms with Gasteiger partial charge in [0.15, 0.2) is 0 Å². The van der Waals surface area contributed by atoms with E-state index in [1.807, 2.05) is 54.8 Å². The molecule has 1 aliphatic heterocycles. The van der Waals surface area contributed by atoms with Crippen molar-refractivity contribution in [3.63, 3.8) is 0 Å². The molecule has 1 N–H and O–H groups in total. The molecule has 1 amide bonds. The molecule has 0 saturated carbocycles. The first-order valence-corrected chi connectivity index (χ1v) is 9.37. The lowest BCUT2D eigenvalue weighted by Gasteiger charge is -2.31. The molecule has 5 nitrogen and oxygen atoms in total. The minimum atomic E-state index is 0.0782. The minimum Gasteiger partial charge on any atom is -0.328 e. The molecule has 1 saturated heterocycles. The first kappa shape index (κ1) is 18.7. The van der Waals surface area contributed by atoms with Crippen LogP contribution in [-0.2, 0) is 18.4 Å². The van der Waals surface area contributed by atoms with Crippen LogP contribution in [0.1, 0.15) is 22.5 Å². The second-order valence-corrected chi connectivity index (χ2v) is 7.36. The topological polar surface area (TPSA) is 42.6 Å². The van der Waals surface area contributed by atoms with E-state index in [4.69, 9.17) is 11.6 Å². The summed E-state index contributed by atoms with van der Waals surface area (Å²) in [4.78, 5) is 15.9. The number of halogens is 1. The molecule has 0 aliphatic carbocycles. The third-order valence-corrected chi connectivity index (χ3v) is 5.32. The summed E-state index contributed by atoms with van der Waals surface area (Å²) in [5.74, 6) is 0.0782. The van der Waals surface area contributed by atoms with Crippen LogP contribution in [0.4, 0.5) is 0 Å². The van der Waals surface area contributed by atoms with Crippen LogP contribution in [0, 0.1) is 13.8 Å². The van der Waals surface area contributed by atoms with E-state index >= 15 is 0 Å². The molecule has 6 heteroatoms. The molecule has 3 rings (SSSR count). The number of aryl methyl sites for hydroxylation is 2. The van der Waals surface area contributed by atoms with Crippen molar-refractivity contribution in [2.75, 3.05) is 26.2 Å². The van der Waals surface area contributed by atoms with Crippen molar-refractivity contribution < 1.29 is 9.69 Å². The number of piperazine rings is 1. The second kappa shape index (κ2) is 8.06. The number of amides is 1. The van der Waals surface area contributed by atoms with E-state index in [0.29, 0.717) is 0 Å². The number of carbonyl (C=O) groups is 1. The van der Waals surface area contributed by atoms with Gasteiger partial charge in [0.1, 0.15) is 6.54 Å². The van der Waals surface area contributed by atoms with Crippen molar-refractivity contribution in [2.45, 2.75) is 20.4 Å². The van der Waals surface area contributed by atoms with E-state index in [-0.39, 0.29) is 5.91 Å². The molecule has 0 atom stereocenters. The van der Waals surface area contributed by atoms with E-state index in [2.05, 4.69) is 11.2 Å². The zero-order valence-corrected chi connectivity index (χ0v) is 16.4. The number of benzene rings is 1. The fraction of sp³-hybridized carbons (Fsp3) is 0.400. The maximum atomic E-state index is 12.5. The van der Waals surface area contributed by atoms with E-state index in [9.17, 15) is 4.79 Å². The number of hydrogen-bond donors (Lipinski definition) is 1. The van der Waals surface area contributed by atoms with E-state index in [1.54, 1.807) is 6.08 Å². The Labute approximate surface area is 159 Å². The van der Waals surface area contributed by atoms with Gasteiger partial charge in [-0.1, -0.05) is 23.7 Å². The lowest BCUT2D eigenvalue weighted by atomic mass is 10.1. The summed E-state index contributed by atoms with van der Waals surface area (Å²) in [6.07, 6.45) is 3.57. The summed E-state index contributed by atoms with van der Waals surface area (Å²) >= 11 is 6.06.